The third-order valence-electron chi connectivity index (χ3n) is 5.94. The van der Waals surface area contributed by atoms with Crippen molar-refractivity contribution in [3.05, 3.63) is 81.4 Å². The van der Waals surface area contributed by atoms with Gasteiger partial charge in [-0.1, -0.05) is 88.0 Å². The fraction of sp³-hybridized carbons (Fsp3) is 0.308. The first-order chi connectivity index (χ1) is 12.7. The molecule has 3 rings (SSSR count). The summed E-state index contributed by atoms with van der Waals surface area (Å²) in [4.78, 5) is 0. The van der Waals surface area contributed by atoms with Crippen LogP contribution < -0.4 is 10.9 Å². The smallest absolute Gasteiger partial charge is 0.0774 e. The summed E-state index contributed by atoms with van der Waals surface area (Å²) in [6.07, 6.45) is 0. The van der Waals surface area contributed by atoms with Crippen molar-refractivity contribution in [2.45, 2.75) is 55.3 Å². The summed E-state index contributed by atoms with van der Waals surface area (Å²) in [6, 6.07) is 15.9. The first kappa shape index (κ1) is 19.5. The van der Waals surface area contributed by atoms with Crippen molar-refractivity contribution in [1.29, 1.82) is 0 Å². The SMILES string of the molecule is CB(c1c(C)cc(C)cc1C)c1c(C)cc(C)c(-c2cccc(C)c2)c1C. The van der Waals surface area contributed by atoms with E-state index in [1.54, 1.807) is 0 Å². The van der Waals surface area contributed by atoms with Crippen molar-refractivity contribution >= 4 is 17.6 Å². The molecular formula is C26H31B. The first-order valence-corrected chi connectivity index (χ1v) is 9.96. The van der Waals surface area contributed by atoms with Gasteiger partial charge in [-0.3, -0.25) is 0 Å². The second-order valence-corrected chi connectivity index (χ2v) is 8.33. The van der Waals surface area contributed by atoms with Gasteiger partial charge in [0.05, 0.1) is 0 Å². The molecule has 0 heterocycles. The van der Waals surface area contributed by atoms with Gasteiger partial charge in [-0.05, 0) is 70.7 Å². The number of hydrogen-bond donors (Lipinski definition) is 0. The fourth-order valence-corrected chi connectivity index (χ4v) is 5.13. The van der Waals surface area contributed by atoms with E-state index in [2.05, 4.69) is 97.8 Å². The molecule has 0 radical (unpaired) electrons. The lowest BCUT2D eigenvalue weighted by Crippen LogP contribution is -2.45. The van der Waals surface area contributed by atoms with Crippen LogP contribution in [0.2, 0.25) is 6.82 Å². The Hall–Kier alpha value is -2.28. The molecule has 0 saturated carbocycles. The van der Waals surface area contributed by atoms with Crippen LogP contribution in [0.4, 0.5) is 0 Å². The summed E-state index contributed by atoms with van der Waals surface area (Å²) in [7, 11) is 0. The Morgan fingerprint density at radius 1 is 0.593 bits per heavy atom. The Labute approximate surface area is 165 Å². The van der Waals surface area contributed by atoms with Crippen LogP contribution in [0.15, 0.2) is 42.5 Å². The lowest BCUT2D eigenvalue weighted by atomic mass is 9.39. The van der Waals surface area contributed by atoms with Gasteiger partial charge in [0.2, 0.25) is 6.71 Å². The van der Waals surface area contributed by atoms with E-state index < -0.39 is 0 Å². The third-order valence-corrected chi connectivity index (χ3v) is 5.94. The average Bonchev–Trinajstić information content (AvgIpc) is 2.53. The summed E-state index contributed by atoms with van der Waals surface area (Å²) in [5.41, 5.74) is 15.3. The van der Waals surface area contributed by atoms with E-state index in [1.165, 1.54) is 61.0 Å². The van der Waals surface area contributed by atoms with E-state index in [4.69, 9.17) is 0 Å². The molecule has 0 aliphatic carbocycles. The van der Waals surface area contributed by atoms with Crippen molar-refractivity contribution in [2.24, 2.45) is 0 Å². The Balaban J connectivity index is 2.24. The molecule has 0 amide bonds. The van der Waals surface area contributed by atoms with Gasteiger partial charge in [0.1, 0.15) is 0 Å². The van der Waals surface area contributed by atoms with Crippen LogP contribution in [-0.4, -0.2) is 6.71 Å². The molecule has 0 fully saturated rings. The zero-order valence-corrected chi connectivity index (χ0v) is 18.1. The lowest BCUT2D eigenvalue weighted by Gasteiger charge is -2.24. The zero-order valence-electron chi connectivity index (χ0n) is 18.1. The molecule has 1 heteroatoms. The van der Waals surface area contributed by atoms with Crippen LogP contribution in [0.5, 0.6) is 0 Å². The highest BCUT2D eigenvalue weighted by molar-refractivity contribution is 6.85. The van der Waals surface area contributed by atoms with Crippen LogP contribution in [0.25, 0.3) is 11.1 Å². The van der Waals surface area contributed by atoms with E-state index in [1.807, 2.05) is 0 Å². The Morgan fingerprint density at radius 2 is 1.19 bits per heavy atom. The van der Waals surface area contributed by atoms with E-state index in [-0.39, 0.29) is 0 Å². The minimum Gasteiger partial charge on any atom is -0.0774 e. The summed E-state index contributed by atoms with van der Waals surface area (Å²) in [5.74, 6) is 0. The van der Waals surface area contributed by atoms with Gasteiger partial charge < -0.3 is 0 Å². The predicted molar refractivity (Wildman–Crippen MR) is 122 cm³/mol. The lowest BCUT2D eigenvalue weighted by molar-refractivity contribution is 1.33. The van der Waals surface area contributed by atoms with Crippen LogP contribution in [0.1, 0.15) is 38.9 Å². The van der Waals surface area contributed by atoms with Gasteiger partial charge in [0.25, 0.3) is 0 Å². The highest BCUT2D eigenvalue weighted by Gasteiger charge is 2.23. The van der Waals surface area contributed by atoms with Crippen LogP contribution in [-0.2, 0) is 0 Å². The van der Waals surface area contributed by atoms with Crippen molar-refractivity contribution in [3.8, 4) is 11.1 Å². The van der Waals surface area contributed by atoms with Gasteiger partial charge in [0.15, 0.2) is 0 Å². The zero-order chi connectivity index (χ0) is 19.9. The summed E-state index contributed by atoms with van der Waals surface area (Å²) < 4.78 is 0. The monoisotopic (exact) mass is 354 g/mol. The topological polar surface area (TPSA) is 0 Å². The van der Waals surface area contributed by atoms with Crippen molar-refractivity contribution in [1.82, 2.24) is 0 Å². The highest BCUT2D eigenvalue weighted by Crippen LogP contribution is 2.28. The summed E-state index contributed by atoms with van der Waals surface area (Å²) in [6.45, 7) is 18.4. The molecule has 0 spiro atoms. The van der Waals surface area contributed by atoms with Gasteiger partial charge in [-0.15, -0.1) is 0 Å². The molecule has 0 atom stereocenters. The molecule has 3 aromatic carbocycles. The van der Waals surface area contributed by atoms with Crippen molar-refractivity contribution in [3.63, 3.8) is 0 Å². The molecule has 0 bridgehead atoms. The highest BCUT2D eigenvalue weighted by atomic mass is 14.2. The molecule has 0 aromatic heterocycles. The van der Waals surface area contributed by atoms with Gasteiger partial charge >= 0.3 is 0 Å². The normalized spacial score (nSPS) is 11.0. The van der Waals surface area contributed by atoms with Crippen LogP contribution >= 0.6 is 0 Å². The third kappa shape index (κ3) is 3.61. The molecule has 0 aliphatic rings. The van der Waals surface area contributed by atoms with E-state index in [0.29, 0.717) is 6.71 Å². The molecular weight excluding hydrogens is 323 g/mol. The van der Waals surface area contributed by atoms with Gasteiger partial charge in [0, 0.05) is 0 Å². The number of rotatable bonds is 3. The standard InChI is InChI=1S/C26H31B/c1-16-10-9-11-23(14-16)24-18(3)15-21(6)26(22(24)7)27(8)25-19(4)12-17(2)13-20(25)5/h9-15H,1-8H3. The van der Waals surface area contributed by atoms with E-state index in [0.717, 1.165) is 0 Å². The van der Waals surface area contributed by atoms with Gasteiger partial charge in [-0.2, -0.15) is 0 Å². The molecule has 138 valence electrons. The summed E-state index contributed by atoms with van der Waals surface area (Å²) in [5, 5.41) is 0. The molecule has 0 nitrogen and oxygen atoms in total. The van der Waals surface area contributed by atoms with Crippen LogP contribution in [0.3, 0.4) is 0 Å². The van der Waals surface area contributed by atoms with Crippen molar-refractivity contribution < 1.29 is 0 Å². The number of benzene rings is 3. The Morgan fingerprint density at radius 3 is 1.78 bits per heavy atom. The molecule has 0 aliphatic heterocycles. The maximum absolute atomic E-state index is 2.37. The first-order valence-electron chi connectivity index (χ1n) is 9.96. The van der Waals surface area contributed by atoms with Crippen molar-refractivity contribution in [2.75, 3.05) is 0 Å². The largest absolute Gasteiger partial charge is 0.207 e. The second-order valence-electron chi connectivity index (χ2n) is 8.33. The predicted octanol–water partition coefficient (Wildman–Crippen LogP) is 5.75. The fourth-order valence-electron chi connectivity index (χ4n) is 5.13. The average molecular weight is 354 g/mol. The van der Waals surface area contributed by atoms with Gasteiger partial charge in [-0.25, -0.2) is 0 Å². The number of aryl methyl sites for hydroxylation is 6. The number of hydrogen-bond acceptors (Lipinski definition) is 0. The van der Waals surface area contributed by atoms with E-state index in [9.17, 15) is 0 Å². The quantitative estimate of drug-likeness (QED) is 0.525. The maximum Gasteiger partial charge on any atom is 0.207 e. The second kappa shape index (κ2) is 7.39. The molecule has 3 aromatic rings. The molecule has 0 N–H and O–H groups in total. The minimum absolute atomic E-state index is 0.384. The Kier molecular flexibility index (Phi) is 5.33. The summed E-state index contributed by atoms with van der Waals surface area (Å²) >= 11 is 0. The molecule has 0 saturated heterocycles. The molecule has 0 unspecified atom stereocenters. The van der Waals surface area contributed by atoms with E-state index >= 15 is 0 Å². The molecule has 27 heavy (non-hydrogen) atoms. The maximum atomic E-state index is 2.37. The Bertz CT molecular complexity index is 988. The van der Waals surface area contributed by atoms with Crippen LogP contribution in [0, 0.1) is 48.5 Å². The minimum atomic E-state index is 0.384.